The number of rotatable bonds is 0. The second-order valence-corrected chi connectivity index (χ2v) is 3.90. The van der Waals surface area contributed by atoms with Crippen LogP contribution in [0.2, 0.25) is 0 Å². The quantitative estimate of drug-likeness (QED) is 0.269. The molecule has 0 aromatic heterocycles. The van der Waals surface area contributed by atoms with E-state index in [4.69, 9.17) is 36.1 Å². The number of hydrogen-bond donors (Lipinski definition) is 0. The molecule has 0 aliphatic rings. The normalized spacial score (nSPS) is 5.14. The molecule has 0 bridgehead atoms. The van der Waals surface area contributed by atoms with Crippen LogP contribution in [0.4, 0.5) is 0 Å². The van der Waals surface area contributed by atoms with Crippen LogP contribution in [0.5, 0.6) is 0 Å². The maximum Gasteiger partial charge on any atom is 3.00 e. The van der Waals surface area contributed by atoms with Crippen molar-refractivity contribution in [1.82, 2.24) is 0 Å². The first-order chi connectivity index (χ1) is 5.20. The third-order valence-corrected chi connectivity index (χ3v) is 0. The first kappa shape index (κ1) is 29.8. The summed E-state index contributed by atoms with van der Waals surface area (Å²) in [6.07, 6.45) is 0. The van der Waals surface area contributed by atoms with Crippen LogP contribution in [0.1, 0.15) is 0 Å². The van der Waals surface area contributed by atoms with Crippen LogP contribution in [0, 0.1) is 0 Å². The maximum absolute atomic E-state index is 8.58. The van der Waals surface area contributed by atoms with E-state index >= 15 is 0 Å². The van der Waals surface area contributed by atoms with E-state index in [9.17, 15) is 0 Å². The van der Waals surface area contributed by atoms with Gasteiger partial charge >= 0.3 is 146 Å². The summed E-state index contributed by atoms with van der Waals surface area (Å²) in [6, 6.07) is 0. The molecule has 0 aliphatic heterocycles. The Kier molecular flexibility index (Phi) is 51.7. The fraction of sp³-hybridized carbons (Fsp3) is 0. The number of hydrogen-bond acceptors (Lipinski definition) is 9. The summed E-state index contributed by atoms with van der Waals surface area (Å²) in [6.45, 7) is 0. The van der Waals surface area contributed by atoms with Crippen LogP contribution in [-0.2, 0) is 76.8 Å². The van der Waals surface area contributed by atoms with Gasteiger partial charge in [0.2, 0.25) is 0 Å². The van der Waals surface area contributed by atoms with E-state index in [0.29, 0.717) is 0 Å². The standard InChI is InChI=1S/3GeO3.2Y/c3*2-1(3)4;;/q3*-2;2*+3. The largest absolute Gasteiger partial charge is 3.00 e. The summed E-state index contributed by atoms with van der Waals surface area (Å²) in [5, 5.41) is 0. The van der Waals surface area contributed by atoms with Crippen LogP contribution in [0.25, 0.3) is 0 Å². The SMILES string of the molecule is [O]=[Ge]([O-])[O-].[O]=[Ge]([O-])[O-].[O]=[Ge]([O-])[O-].[Y+3].[Y+3]. The van der Waals surface area contributed by atoms with Crippen molar-refractivity contribution in [1.29, 1.82) is 0 Å². The van der Waals surface area contributed by atoms with Gasteiger partial charge in [-0.15, -0.1) is 0 Å². The molecule has 14 heavy (non-hydrogen) atoms. The van der Waals surface area contributed by atoms with Gasteiger partial charge in [-0.05, 0) is 0 Å². The van der Waals surface area contributed by atoms with Gasteiger partial charge in [-0.3, -0.25) is 0 Å². The average Bonchev–Trinajstić information content (AvgIpc) is 1.54. The van der Waals surface area contributed by atoms with Gasteiger partial charge < -0.3 is 0 Å². The Hall–Kier alpha value is 2.04. The van der Waals surface area contributed by atoms with Gasteiger partial charge in [0, 0.05) is 0 Å². The minimum absolute atomic E-state index is 0. The van der Waals surface area contributed by atoms with Crippen LogP contribution >= 0.6 is 0 Å². The van der Waals surface area contributed by atoms with Crippen molar-refractivity contribution in [3.05, 3.63) is 0 Å². The van der Waals surface area contributed by atoms with Crippen LogP contribution in [-0.4, -0.2) is 44.9 Å². The second-order valence-electron chi connectivity index (χ2n) is 0.750. The second kappa shape index (κ2) is 24.3. The van der Waals surface area contributed by atoms with Crippen molar-refractivity contribution in [2.45, 2.75) is 0 Å². The molecular formula is Ge3O9Y2. The van der Waals surface area contributed by atoms with Gasteiger partial charge in [-0.1, -0.05) is 0 Å². The third-order valence-electron chi connectivity index (χ3n) is 0. The Morgan fingerprint density at radius 1 is 0.500 bits per heavy atom. The predicted octanol–water partition coefficient (Wildman–Crippen LogP) is -8.64. The molecule has 0 atom stereocenters. The summed E-state index contributed by atoms with van der Waals surface area (Å²) in [7, 11) is 0. The molecule has 0 saturated heterocycles. The van der Waals surface area contributed by atoms with Gasteiger partial charge in [0.15, 0.2) is 0 Å². The average molecular weight is 540 g/mol. The monoisotopic (exact) mass is 544 g/mol. The Balaban J connectivity index is -0.0000000270. The molecule has 0 radical (unpaired) electrons. The van der Waals surface area contributed by atoms with E-state index in [1.165, 1.54) is 0 Å². The molecule has 14 heteroatoms. The summed E-state index contributed by atoms with van der Waals surface area (Å²) >= 11 is -12.2. The fourth-order valence-electron chi connectivity index (χ4n) is 0. The molecule has 0 heterocycles. The summed E-state index contributed by atoms with van der Waals surface area (Å²) in [4.78, 5) is 0. The van der Waals surface area contributed by atoms with E-state index in [-0.39, 0.29) is 65.4 Å². The maximum atomic E-state index is 8.58. The molecular weight excluding hydrogens is 540 g/mol. The Labute approximate surface area is 144 Å². The smallest absolute Gasteiger partial charge is 3.00 e. The van der Waals surface area contributed by atoms with Gasteiger partial charge in [-0.25, -0.2) is 0 Å². The fourth-order valence-corrected chi connectivity index (χ4v) is 0. The van der Waals surface area contributed by atoms with Crippen LogP contribution in [0.15, 0.2) is 0 Å². The molecule has 0 aliphatic carbocycles. The molecule has 0 aromatic rings. The van der Waals surface area contributed by atoms with Gasteiger partial charge in [-0.2, -0.15) is 0 Å². The zero-order chi connectivity index (χ0) is 10.7. The minimum Gasteiger partial charge on any atom is 3.00 e. The van der Waals surface area contributed by atoms with Crippen molar-refractivity contribution in [3.63, 3.8) is 0 Å². The molecule has 0 amide bonds. The molecule has 0 spiro atoms. The molecule has 0 N–H and O–H groups in total. The Bertz CT molecular complexity index is 116. The first-order valence-electron chi connectivity index (χ1n) is 1.84. The third kappa shape index (κ3) is 575. The molecule has 0 aromatic carbocycles. The summed E-state index contributed by atoms with van der Waals surface area (Å²) < 4.78 is 77.2. The topological polar surface area (TPSA) is 190 Å². The van der Waals surface area contributed by atoms with Crippen LogP contribution in [0.3, 0.4) is 0 Å². The van der Waals surface area contributed by atoms with E-state index in [1.807, 2.05) is 0 Å². The van der Waals surface area contributed by atoms with Gasteiger partial charge in [0.25, 0.3) is 0 Å². The van der Waals surface area contributed by atoms with Crippen molar-refractivity contribution in [2.24, 2.45) is 0 Å². The first-order valence-corrected chi connectivity index (χ1v) is 9.55. The van der Waals surface area contributed by atoms with E-state index < -0.39 is 44.9 Å². The predicted molar refractivity (Wildman–Crippen MR) is 19.3 cm³/mol. The summed E-state index contributed by atoms with van der Waals surface area (Å²) in [5.74, 6) is 0. The summed E-state index contributed by atoms with van der Waals surface area (Å²) in [5.41, 5.74) is 0. The van der Waals surface area contributed by atoms with Crippen molar-refractivity contribution in [2.75, 3.05) is 0 Å². The molecule has 0 rings (SSSR count). The van der Waals surface area contributed by atoms with Crippen molar-refractivity contribution in [3.8, 4) is 0 Å². The van der Waals surface area contributed by atoms with Gasteiger partial charge in [0.1, 0.15) is 0 Å². The van der Waals surface area contributed by atoms with Crippen LogP contribution < -0.4 is 24.8 Å². The molecule has 9 nitrogen and oxygen atoms in total. The van der Waals surface area contributed by atoms with E-state index in [1.54, 1.807) is 0 Å². The Morgan fingerprint density at radius 2 is 0.500 bits per heavy atom. The van der Waals surface area contributed by atoms with Crippen molar-refractivity contribution < 1.29 is 102 Å². The van der Waals surface area contributed by atoms with Gasteiger partial charge in [0.05, 0.1) is 0 Å². The van der Waals surface area contributed by atoms with Crippen molar-refractivity contribution >= 4 is 44.9 Å². The minimum atomic E-state index is -4.08. The van der Waals surface area contributed by atoms with E-state index in [0.717, 1.165) is 0 Å². The molecule has 0 unspecified atom stereocenters. The van der Waals surface area contributed by atoms with E-state index in [2.05, 4.69) is 0 Å². The zero-order valence-electron chi connectivity index (χ0n) is 6.33. The Morgan fingerprint density at radius 3 is 0.500 bits per heavy atom. The molecule has 72 valence electrons. The molecule has 0 saturated carbocycles. The molecule has 0 fully saturated rings. The zero-order valence-corrected chi connectivity index (χ0v) is 18.3.